The molecule has 1 heterocycles. The molecule has 7 nitrogen and oxygen atoms in total. The highest BCUT2D eigenvalue weighted by Crippen LogP contribution is 2.38. The second-order valence-corrected chi connectivity index (χ2v) is 6.67. The molecule has 0 unspecified atom stereocenters. The Labute approximate surface area is 167 Å². The molecule has 0 aliphatic heterocycles. The maximum atomic E-state index is 11.6. The van der Waals surface area contributed by atoms with E-state index in [1.165, 1.54) is 0 Å². The van der Waals surface area contributed by atoms with Gasteiger partial charge in [0.1, 0.15) is 17.8 Å². The number of ether oxygens (including phenoxy) is 2. The highest BCUT2D eigenvalue weighted by molar-refractivity contribution is 9.10. The Morgan fingerprint density at radius 1 is 0.821 bits per heavy atom. The normalized spacial score (nSPS) is 10.6. The molecule has 0 saturated heterocycles. The maximum absolute atomic E-state index is 11.6. The Hall–Kier alpha value is -3.52. The third-order valence-corrected chi connectivity index (χ3v) is 4.43. The summed E-state index contributed by atoms with van der Waals surface area (Å²) in [6.07, 6.45) is 1.16. The first-order valence-electron chi connectivity index (χ1n) is 8.19. The largest absolute Gasteiger partial charge is 0.433 e. The number of hydrogen-bond donors (Lipinski definition) is 0. The first-order valence-corrected chi connectivity index (χ1v) is 8.99. The zero-order chi connectivity index (χ0) is 19.5. The monoisotopic (exact) mass is 437 g/mol. The van der Waals surface area contributed by atoms with Gasteiger partial charge in [0.15, 0.2) is 0 Å². The van der Waals surface area contributed by atoms with Gasteiger partial charge in [-0.1, -0.05) is 46.3 Å². The maximum Gasteiger partial charge on any atom is 0.393 e. The fourth-order valence-electron chi connectivity index (χ4n) is 2.61. The summed E-state index contributed by atoms with van der Waals surface area (Å²) in [5, 5.41) is 13.6. The van der Waals surface area contributed by atoms with Gasteiger partial charge in [-0.15, -0.1) is 0 Å². The quantitative estimate of drug-likeness (QED) is 0.286. The van der Waals surface area contributed by atoms with Crippen molar-refractivity contribution >= 4 is 32.4 Å². The molecule has 0 saturated carbocycles. The van der Waals surface area contributed by atoms with Gasteiger partial charge < -0.3 is 9.47 Å². The topological polar surface area (TPSA) is 87.4 Å². The summed E-state index contributed by atoms with van der Waals surface area (Å²) in [5.74, 6) is 0.442. The van der Waals surface area contributed by atoms with Crippen LogP contribution in [0.3, 0.4) is 0 Å². The molecule has 1 aromatic heterocycles. The number of halogens is 1. The predicted octanol–water partition coefficient (Wildman–Crippen LogP) is 5.89. The van der Waals surface area contributed by atoms with Crippen molar-refractivity contribution in [2.24, 2.45) is 0 Å². The minimum Gasteiger partial charge on any atom is -0.433 e. The second kappa shape index (κ2) is 7.61. The van der Waals surface area contributed by atoms with Crippen molar-refractivity contribution in [3.63, 3.8) is 0 Å². The van der Waals surface area contributed by atoms with Gasteiger partial charge in [0.2, 0.25) is 0 Å². The van der Waals surface area contributed by atoms with Gasteiger partial charge in [0.05, 0.1) is 4.92 Å². The van der Waals surface area contributed by atoms with Gasteiger partial charge >= 0.3 is 17.4 Å². The van der Waals surface area contributed by atoms with Gasteiger partial charge in [0, 0.05) is 4.47 Å². The lowest BCUT2D eigenvalue weighted by Gasteiger charge is -2.09. The van der Waals surface area contributed by atoms with E-state index in [-0.39, 0.29) is 11.8 Å². The van der Waals surface area contributed by atoms with Crippen molar-refractivity contribution in [3.8, 4) is 23.3 Å². The summed E-state index contributed by atoms with van der Waals surface area (Å²) in [5.41, 5.74) is -0.446. The number of aromatic nitrogens is 2. The fourth-order valence-corrected chi connectivity index (χ4v) is 2.87. The number of rotatable bonds is 5. The number of fused-ring (bicyclic) bond motifs is 1. The summed E-state index contributed by atoms with van der Waals surface area (Å²) in [6, 6.07) is 20.0. The molecule has 0 atom stereocenters. The van der Waals surface area contributed by atoms with Crippen LogP contribution in [-0.4, -0.2) is 14.9 Å². The average Bonchev–Trinajstić information content (AvgIpc) is 2.69. The minimum absolute atomic E-state index is 0.192. The predicted molar refractivity (Wildman–Crippen MR) is 107 cm³/mol. The Balaban J connectivity index is 1.69. The molecule has 0 radical (unpaired) electrons. The van der Waals surface area contributed by atoms with Crippen LogP contribution in [-0.2, 0) is 0 Å². The third-order valence-electron chi connectivity index (χ3n) is 3.90. The summed E-state index contributed by atoms with van der Waals surface area (Å²) < 4.78 is 12.1. The van der Waals surface area contributed by atoms with Crippen molar-refractivity contribution in [2.45, 2.75) is 0 Å². The highest BCUT2D eigenvalue weighted by Gasteiger charge is 2.27. The fraction of sp³-hybridized carbons (Fsp3) is 0. The molecule has 0 spiro atoms. The molecule has 0 N–H and O–H groups in total. The van der Waals surface area contributed by atoms with Crippen molar-refractivity contribution in [1.29, 1.82) is 0 Å². The van der Waals surface area contributed by atoms with Crippen molar-refractivity contribution < 1.29 is 14.4 Å². The molecular weight excluding hydrogens is 426 g/mol. The van der Waals surface area contributed by atoms with E-state index in [1.807, 2.05) is 30.3 Å². The molecule has 0 fully saturated rings. The number of benzene rings is 3. The van der Waals surface area contributed by atoms with E-state index in [2.05, 4.69) is 25.9 Å². The highest BCUT2D eigenvalue weighted by atomic mass is 79.9. The Bertz CT molecular complexity index is 1170. The van der Waals surface area contributed by atoms with Gasteiger partial charge in [-0.25, -0.2) is 0 Å². The van der Waals surface area contributed by atoms with Gasteiger partial charge in [-0.3, -0.25) is 10.1 Å². The van der Waals surface area contributed by atoms with E-state index in [9.17, 15) is 10.1 Å². The van der Waals surface area contributed by atoms with Crippen LogP contribution in [0.5, 0.6) is 23.3 Å². The minimum atomic E-state index is -0.620. The molecule has 28 heavy (non-hydrogen) atoms. The van der Waals surface area contributed by atoms with Crippen LogP contribution < -0.4 is 9.47 Å². The molecular formula is C20H12BrN3O4. The molecule has 4 aromatic rings. The number of hydrogen-bond acceptors (Lipinski definition) is 6. The SMILES string of the molecule is O=[N+]([O-])c1c(Oc2ccc(Br)cc2)ncnc1Oc1ccc2ccccc2c1. The smallest absolute Gasteiger partial charge is 0.393 e. The zero-order valence-corrected chi connectivity index (χ0v) is 15.9. The van der Waals surface area contributed by atoms with E-state index in [4.69, 9.17) is 9.47 Å². The second-order valence-electron chi connectivity index (χ2n) is 5.76. The molecule has 4 rings (SSSR count). The first-order chi connectivity index (χ1) is 13.6. The Morgan fingerprint density at radius 2 is 1.43 bits per heavy atom. The van der Waals surface area contributed by atoms with Crippen LogP contribution in [0.25, 0.3) is 10.8 Å². The first kappa shape index (κ1) is 17.9. The third kappa shape index (κ3) is 3.77. The van der Waals surface area contributed by atoms with E-state index in [0.717, 1.165) is 21.6 Å². The molecule has 8 heteroatoms. The molecule has 0 amide bonds. The van der Waals surface area contributed by atoms with Gasteiger partial charge in [-0.05, 0) is 47.2 Å². The van der Waals surface area contributed by atoms with Crippen LogP contribution >= 0.6 is 15.9 Å². The Kier molecular flexibility index (Phi) is 4.86. The van der Waals surface area contributed by atoms with Gasteiger partial charge in [-0.2, -0.15) is 9.97 Å². The zero-order valence-electron chi connectivity index (χ0n) is 14.3. The lowest BCUT2D eigenvalue weighted by molar-refractivity contribution is -0.387. The van der Waals surface area contributed by atoms with E-state index in [1.54, 1.807) is 36.4 Å². The van der Waals surface area contributed by atoms with Crippen molar-refractivity contribution in [1.82, 2.24) is 9.97 Å². The van der Waals surface area contributed by atoms with Gasteiger partial charge in [0.25, 0.3) is 0 Å². The summed E-state index contributed by atoms with van der Waals surface area (Å²) in [6.45, 7) is 0. The molecule has 138 valence electrons. The van der Waals surface area contributed by atoms with Crippen LogP contribution in [0.15, 0.2) is 77.5 Å². The van der Waals surface area contributed by atoms with Crippen molar-refractivity contribution in [2.75, 3.05) is 0 Å². The molecule has 0 bridgehead atoms. The van der Waals surface area contributed by atoms with E-state index >= 15 is 0 Å². The molecule has 0 aliphatic rings. The van der Waals surface area contributed by atoms with Crippen LogP contribution in [0.2, 0.25) is 0 Å². The van der Waals surface area contributed by atoms with Crippen LogP contribution in [0.1, 0.15) is 0 Å². The molecule has 0 aliphatic carbocycles. The Morgan fingerprint density at radius 3 is 2.11 bits per heavy atom. The summed E-state index contributed by atoms with van der Waals surface area (Å²) >= 11 is 3.32. The molecule has 3 aromatic carbocycles. The van der Waals surface area contributed by atoms with Crippen LogP contribution in [0, 0.1) is 10.1 Å². The number of nitrogens with zero attached hydrogens (tertiary/aromatic N) is 3. The average molecular weight is 438 g/mol. The lowest BCUT2D eigenvalue weighted by atomic mass is 10.1. The standard InChI is InChI=1S/C20H12BrN3O4/c21-15-6-9-16(10-7-15)27-19-18(24(25)26)20(23-12-22-19)28-17-8-5-13-3-1-2-4-14(13)11-17/h1-12H. The summed E-state index contributed by atoms with van der Waals surface area (Å²) in [7, 11) is 0. The van der Waals surface area contributed by atoms with Crippen LogP contribution in [0.4, 0.5) is 5.69 Å². The lowest BCUT2D eigenvalue weighted by Crippen LogP contribution is -2.01. The summed E-state index contributed by atoms with van der Waals surface area (Å²) in [4.78, 5) is 18.9. The van der Waals surface area contributed by atoms with E-state index in [0.29, 0.717) is 11.5 Å². The van der Waals surface area contributed by atoms with Crippen molar-refractivity contribution in [3.05, 3.63) is 87.6 Å². The van der Waals surface area contributed by atoms with E-state index < -0.39 is 10.6 Å². The number of nitro groups is 1.